The quantitative estimate of drug-likeness (QED) is 0.342. The zero-order chi connectivity index (χ0) is 18.5. The second kappa shape index (κ2) is 13.1. The van der Waals surface area contributed by atoms with E-state index in [1.54, 1.807) is 0 Å². The number of allylic oxidation sites excluding steroid dienone is 2. The van der Waals surface area contributed by atoms with E-state index in [9.17, 15) is 0 Å². The van der Waals surface area contributed by atoms with Gasteiger partial charge in [0.2, 0.25) is 0 Å². The van der Waals surface area contributed by atoms with Crippen LogP contribution in [0.2, 0.25) is 0 Å². The summed E-state index contributed by atoms with van der Waals surface area (Å²) < 4.78 is 0. The Labute approximate surface area is 163 Å². The Morgan fingerprint density at radius 1 is 0.615 bits per heavy atom. The van der Waals surface area contributed by atoms with E-state index in [-0.39, 0.29) is 0 Å². The lowest BCUT2D eigenvalue weighted by molar-refractivity contribution is 0.294. The zero-order valence-electron chi connectivity index (χ0n) is 17.4. The molecule has 0 unspecified atom stereocenters. The fraction of sp³-hybridized carbons (Fsp3) is 0.769. The van der Waals surface area contributed by atoms with Gasteiger partial charge in [0, 0.05) is 11.8 Å². The van der Waals surface area contributed by atoms with E-state index in [4.69, 9.17) is 0 Å². The Bertz CT molecular complexity index is 502. The third-order valence-corrected chi connectivity index (χ3v) is 6.43. The van der Waals surface area contributed by atoms with E-state index in [1.165, 1.54) is 89.9 Å². The van der Waals surface area contributed by atoms with Gasteiger partial charge in [-0.05, 0) is 75.4 Å². The molecule has 0 saturated heterocycles. The maximum atomic E-state index is 3.46. The van der Waals surface area contributed by atoms with Crippen LogP contribution in [0.1, 0.15) is 104 Å². The predicted octanol–water partition coefficient (Wildman–Crippen LogP) is 7.54. The maximum Gasteiger partial charge on any atom is 0.0206 e. The van der Waals surface area contributed by atoms with Gasteiger partial charge in [0.1, 0.15) is 0 Å². The molecule has 0 bridgehead atoms. The molecule has 144 valence electrons. The lowest BCUT2D eigenvalue weighted by Crippen LogP contribution is -2.13. The number of hydrogen-bond donors (Lipinski definition) is 0. The topological polar surface area (TPSA) is 0 Å². The van der Waals surface area contributed by atoms with E-state index >= 15 is 0 Å². The first-order chi connectivity index (χ1) is 12.8. The van der Waals surface area contributed by atoms with Gasteiger partial charge in [-0.3, -0.25) is 0 Å². The Morgan fingerprint density at radius 2 is 1.12 bits per heavy atom. The lowest BCUT2D eigenvalue weighted by Gasteiger charge is -2.25. The minimum absolute atomic E-state index is 0.628. The highest BCUT2D eigenvalue weighted by Crippen LogP contribution is 2.32. The summed E-state index contributed by atoms with van der Waals surface area (Å²) in [5.41, 5.74) is 0. The van der Waals surface area contributed by atoms with Crippen LogP contribution in [0.5, 0.6) is 0 Å². The van der Waals surface area contributed by atoms with Gasteiger partial charge < -0.3 is 0 Å². The normalized spacial score (nSPS) is 28.8. The zero-order valence-corrected chi connectivity index (χ0v) is 17.4. The summed E-state index contributed by atoms with van der Waals surface area (Å²) in [6.07, 6.45) is 23.1. The molecule has 2 aliphatic carbocycles. The smallest absolute Gasteiger partial charge is 0.0206 e. The fourth-order valence-electron chi connectivity index (χ4n) is 4.70. The average molecular weight is 353 g/mol. The van der Waals surface area contributed by atoms with Crippen LogP contribution in [0.3, 0.4) is 0 Å². The molecule has 0 heterocycles. The van der Waals surface area contributed by atoms with Gasteiger partial charge in [-0.25, -0.2) is 0 Å². The molecule has 0 aromatic rings. The van der Waals surface area contributed by atoms with Crippen LogP contribution >= 0.6 is 0 Å². The molecule has 2 aliphatic rings. The summed E-state index contributed by atoms with van der Waals surface area (Å²) >= 11 is 0. The predicted molar refractivity (Wildman–Crippen MR) is 115 cm³/mol. The molecule has 0 nitrogen and oxygen atoms in total. The van der Waals surface area contributed by atoms with Crippen molar-refractivity contribution >= 4 is 0 Å². The van der Waals surface area contributed by atoms with Gasteiger partial charge in [0.05, 0.1) is 0 Å². The standard InChI is InChI=1S/C26H40/c1-3-5-8-12-24-19-21-26(22-20-24)14-10-7-6-9-13-25-17-15-23(11-4-2)16-18-25/h6-7,23-26H,3-5,8,11-12,15-22H2,1-2H3/b7-6+/t23-,24-,25-,26-. The Balaban J connectivity index is 1.60. The molecule has 2 saturated carbocycles. The van der Waals surface area contributed by atoms with Crippen LogP contribution in [-0.2, 0) is 0 Å². The summed E-state index contributed by atoms with van der Waals surface area (Å²) in [6, 6.07) is 0. The molecule has 0 heteroatoms. The molecule has 0 N–H and O–H groups in total. The minimum Gasteiger partial charge on any atom is -0.0951 e. The molecule has 0 aromatic carbocycles. The lowest BCUT2D eigenvalue weighted by atomic mass is 9.80. The number of hydrogen-bond acceptors (Lipinski definition) is 0. The van der Waals surface area contributed by atoms with Crippen molar-refractivity contribution in [3.63, 3.8) is 0 Å². The SMILES string of the molecule is CCCCC[C@H]1CC[C@H](C#C/C=C/C#C[C@H]2CC[C@H](CCC)CC2)CC1. The van der Waals surface area contributed by atoms with Crippen molar-refractivity contribution in [2.24, 2.45) is 23.7 Å². The van der Waals surface area contributed by atoms with E-state index in [1.807, 2.05) is 12.2 Å². The molecule has 0 aromatic heterocycles. The largest absolute Gasteiger partial charge is 0.0951 e. The van der Waals surface area contributed by atoms with Gasteiger partial charge in [-0.1, -0.05) is 76.1 Å². The van der Waals surface area contributed by atoms with E-state index in [2.05, 4.69) is 37.5 Å². The minimum atomic E-state index is 0.628. The maximum absolute atomic E-state index is 3.46. The highest BCUT2D eigenvalue weighted by Gasteiger charge is 2.19. The van der Waals surface area contributed by atoms with E-state index in [0.717, 1.165) is 11.8 Å². The van der Waals surface area contributed by atoms with Gasteiger partial charge in [0.15, 0.2) is 0 Å². The number of rotatable bonds is 6. The summed E-state index contributed by atoms with van der Waals surface area (Å²) in [6.45, 7) is 4.60. The van der Waals surface area contributed by atoms with Crippen molar-refractivity contribution < 1.29 is 0 Å². The average Bonchev–Trinajstić information content (AvgIpc) is 2.67. The first-order valence-electron chi connectivity index (χ1n) is 11.5. The molecular weight excluding hydrogens is 312 g/mol. The van der Waals surface area contributed by atoms with Crippen LogP contribution < -0.4 is 0 Å². The Morgan fingerprint density at radius 3 is 1.58 bits per heavy atom. The van der Waals surface area contributed by atoms with E-state index < -0.39 is 0 Å². The van der Waals surface area contributed by atoms with Crippen LogP contribution in [-0.4, -0.2) is 0 Å². The van der Waals surface area contributed by atoms with Crippen LogP contribution in [0.4, 0.5) is 0 Å². The Kier molecular flexibility index (Phi) is 10.7. The monoisotopic (exact) mass is 352 g/mol. The Hall–Kier alpha value is -1.14. The third kappa shape index (κ3) is 8.49. The van der Waals surface area contributed by atoms with Crippen molar-refractivity contribution in [1.82, 2.24) is 0 Å². The molecule has 0 aliphatic heterocycles. The molecule has 0 amide bonds. The highest BCUT2D eigenvalue weighted by atomic mass is 14.2. The summed E-state index contributed by atoms with van der Waals surface area (Å²) in [5, 5.41) is 0. The van der Waals surface area contributed by atoms with Gasteiger partial charge in [-0.15, -0.1) is 0 Å². The van der Waals surface area contributed by atoms with Crippen LogP contribution in [0.15, 0.2) is 12.2 Å². The second-order valence-electron chi connectivity index (χ2n) is 8.63. The molecule has 0 spiro atoms. The van der Waals surface area contributed by atoms with Crippen molar-refractivity contribution in [2.45, 2.75) is 104 Å². The third-order valence-electron chi connectivity index (χ3n) is 6.43. The first-order valence-corrected chi connectivity index (χ1v) is 11.5. The molecular formula is C26H40. The van der Waals surface area contributed by atoms with Crippen molar-refractivity contribution in [1.29, 1.82) is 0 Å². The number of unbranched alkanes of at least 4 members (excludes halogenated alkanes) is 2. The van der Waals surface area contributed by atoms with Crippen molar-refractivity contribution in [2.75, 3.05) is 0 Å². The molecule has 2 rings (SSSR count). The summed E-state index contributed by atoms with van der Waals surface area (Å²) in [5.74, 6) is 16.6. The van der Waals surface area contributed by atoms with Gasteiger partial charge >= 0.3 is 0 Å². The van der Waals surface area contributed by atoms with Crippen LogP contribution in [0.25, 0.3) is 0 Å². The van der Waals surface area contributed by atoms with Crippen LogP contribution in [0, 0.1) is 47.4 Å². The van der Waals surface area contributed by atoms with Crippen molar-refractivity contribution in [3.8, 4) is 23.7 Å². The molecule has 0 atom stereocenters. The fourth-order valence-corrected chi connectivity index (χ4v) is 4.70. The highest BCUT2D eigenvalue weighted by molar-refractivity contribution is 5.26. The van der Waals surface area contributed by atoms with E-state index in [0.29, 0.717) is 11.8 Å². The molecule has 2 fully saturated rings. The second-order valence-corrected chi connectivity index (χ2v) is 8.63. The van der Waals surface area contributed by atoms with Crippen molar-refractivity contribution in [3.05, 3.63) is 12.2 Å². The molecule has 26 heavy (non-hydrogen) atoms. The summed E-state index contributed by atoms with van der Waals surface area (Å²) in [7, 11) is 0. The van der Waals surface area contributed by atoms with Gasteiger partial charge in [-0.2, -0.15) is 0 Å². The molecule has 0 radical (unpaired) electrons. The van der Waals surface area contributed by atoms with Gasteiger partial charge in [0.25, 0.3) is 0 Å². The summed E-state index contributed by atoms with van der Waals surface area (Å²) in [4.78, 5) is 0. The first kappa shape index (κ1) is 21.2.